The average molecular weight is 581 g/mol. The number of benzene rings is 1. The van der Waals surface area contributed by atoms with E-state index in [1.54, 1.807) is 32.3 Å². The van der Waals surface area contributed by atoms with Gasteiger partial charge in [0.1, 0.15) is 11.0 Å². The topological polar surface area (TPSA) is 77.0 Å². The number of piperidine rings is 1. The third-order valence-electron chi connectivity index (χ3n) is 7.84. The molecule has 4 rings (SSSR count). The molecule has 11 heteroatoms. The van der Waals surface area contributed by atoms with Crippen molar-refractivity contribution in [1.82, 2.24) is 14.8 Å². The molecule has 7 nitrogen and oxygen atoms in total. The summed E-state index contributed by atoms with van der Waals surface area (Å²) >= 11 is 6.29. The van der Waals surface area contributed by atoms with Crippen molar-refractivity contribution in [2.24, 2.45) is 5.92 Å². The van der Waals surface area contributed by atoms with Crippen LogP contribution in [0.5, 0.6) is 0 Å². The molecule has 2 aromatic rings. The van der Waals surface area contributed by atoms with Crippen LogP contribution in [0.4, 0.5) is 19.0 Å². The summed E-state index contributed by atoms with van der Waals surface area (Å²) in [6.07, 6.45) is -0.342. The second kappa shape index (κ2) is 11.9. The number of rotatable bonds is 9. The minimum atomic E-state index is -5.16. The number of alkyl halides is 3. The Balaban J connectivity index is 1.36. The predicted molar refractivity (Wildman–Crippen MR) is 147 cm³/mol. The largest absolute Gasteiger partial charge is 0.430 e. The Labute approximate surface area is 237 Å². The molecular weight excluding hydrogens is 545 g/mol. The number of hydrogen-bond acceptors (Lipinski definition) is 5. The van der Waals surface area contributed by atoms with Crippen LogP contribution in [0.1, 0.15) is 65.9 Å². The number of halogens is 4. The number of pyridine rings is 1. The summed E-state index contributed by atoms with van der Waals surface area (Å²) < 4.78 is 42.5. The smallest absolute Gasteiger partial charge is 0.369 e. The first-order chi connectivity index (χ1) is 18.8. The number of anilines is 1. The molecule has 2 heterocycles. The molecule has 2 atom stereocenters. The monoisotopic (exact) mass is 580 g/mol. The summed E-state index contributed by atoms with van der Waals surface area (Å²) in [5.41, 5.74) is -2.99. The number of aliphatic hydroxyl groups is 1. The quantitative estimate of drug-likeness (QED) is 0.412. The molecule has 1 N–H and O–H groups in total. The lowest BCUT2D eigenvalue weighted by Gasteiger charge is -2.35. The molecule has 2 amide bonds. The SMILES string of the molecule is CN(C)C(=O)c1ccc(N2CCCC(CCCN(C)C(=O)[C@@](O)(c3cccc(C4CC4)c3)C(F)(F)F)C2)nc1Cl. The predicted octanol–water partition coefficient (Wildman–Crippen LogP) is 5.22. The van der Waals surface area contributed by atoms with Crippen molar-refractivity contribution in [3.63, 3.8) is 0 Å². The molecule has 0 radical (unpaired) electrons. The van der Waals surface area contributed by atoms with Crippen LogP contribution >= 0.6 is 11.6 Å². The van der Waals surface area contributed by atoms with E-state index in [4.69, 9.17) is 11.6 Å². The first-order valence-corrected chi connectivity index (χ1v) is 14.0. The van der Waals surface area contributed by atoms with Crippen LogP contribution in [0.3, 0.4) is 0 Å². The first kappa shape index (κ1) is 30.1. The van der Waals surface area contributed by atoms with Crippen LogP contribution in [-0.4, -0.2) is 78.7 Å². The van der Waals surface area contributed by atoms with Crippen molar-refractivity contribution in [3.05, 3.63) is 58.2 Å². The fourth-order valence-corrected chi connectivity index (χ4v) is 5.58. The van der Waals surface area contributed by atoms with E-state index in [0.29, 0.717) is 36.3 Å². The van der Waals surface area contributed by atoms with Gasteiger partial charge < -0.3 is 19.8 Å². The van der Waals surface area contributed by atoms with Crippen LogP contribution in [0, 0.1) is 5.92 Å². The number of aromatic nitrogens is 1. The third kappa shape index (κ3) is 6.38. The van der Waals surface area contributed by atoms with E-state index in [0.717, 1.165) is 37.1 Å². The molecule has 40 heavy (non-hydrogen) atoms. The summed E-state index contributed by atoms with van der Waals surface area (Å²) in [6.45, 7) is 1.54. The third-order valence-corrected chi connectivity index (χ3v) is 8.13. The van der Waals surface area contributed by atoms with E-state index < -0.39 is 23.2 Å². The normalized spacial score (nSPS) is 19.2. The number of amides is 2. The van der Waals surface area contributed by atoms with Gasteiger partial charge in [0.25, 0.3) is 17.4 Å². The molecule has 0 spiro atoms. The van der Waals surface area contributed by atoms with E-state index >= 15 is 0 Å². The standard InChI is InChI=1S/C29H36ClF3N4O3/c1-35(2)26(38)23-13-14-24(34-25(23)30)37-16-6-8-19(18-37)7-5-15-36(3)27(39)28(40,29(31,32)33)22-10-4-9-21(17-22)20-11-12-20/h4,9-10,13-14,17,19-20,40H,5-8,11-12,15-16,18H2,1-3H3/t19?,28-/m0/s1. The Morgan fingerprint density at radius 1 is 1.12 bits per heavy atom. The van der Waals surface area contributed by atoms with E-state index in [-0.39, 0.29) is 29.4 Å². The van der Waals surface area contributed by atoms with Gasteiger partial charge in [0.2, 0.25) is 0 Å². The van der Waals surface area contributed by atoms with E-state index in [9.17, 15) is 27.9 Å². The van der Waals surface area contributed by atoms with Gasteiger partial charge in [-0.15, -0.1) is 0 Å². The molecule has 1 saturated heterocycles. The van der Waals surface area contributed by atoms with Crippen molar-refractivity contribution < 1.29 is 27.9 Å². The number of carbonyl (C=O) groups excluding carboxylic acids is 2. The van der Waals surface area contributed by atoms with E-state index in [1.165, 1.54) is 30.1 Å². The second-order valence-electron chi connectivity index (χ2n) is 11.1. The fraction of sp³-hybridized carbons (Fsp3) is 0.552. The van der Waals surface area contributed by atoms with Gasteiger partial charge >= 0.3 is 6.18 Å². The molecule has 0 bridgehead atoms. The fourth-order valence-electron chi connectivity index (χ4n) is 5.35. The summed E-state index contributed by atoms with van der Waals surface area (Å²) in [5.74, 6) is -0.500. The van der Waals surface area contributed by atoms with Gasteiger partial charge in [0, 0.05) is 46.3 Å². The Morgan fingerprint density at radius 2 is 1.85 bits per heavy atom. The molecular formula is C29H36ClF3N4O3. The average Bonchev–Trinajstić information content (AvgIpc) is 3.77. The zero-order valence-corrected chi connectivity index (χ0v) is 23.8. The van der Waals surface area contributed by atoms with E-state index in [1.807, 2.05) is 0 Å². The van der Waals surface area contributed by atoms with Crippen LogP contribution in [-0.2, 0) is 10.4 Å². The van der Waals surface area contributed by atoms with Gasteiger partial charge in [0.05, 0.1) is 5.56 Å². The van der Waals surface area contributed by atoms with Crippen LogP contribution in [0.25, 0.3) is 0 Å². The second-order valence-corrected chi connectivity index (χ2v) is 11.5. The number of hydrogen-bond donors (Lipinski definition) is 1. The van der Waals surface area contributed by atoms with Gasteiger partial charge in [-0.25, -0.2) is 4.98 Å². The van der Waals surface area contributed by atoms with Crippen molar-refractivity contribution >= 4 is 29.2 Å². The molecule has 218 valence electrons. The van der Waals surface area contributed by atoms with Gasteiger partial charge in [-0.05, 0) is 68.1 Å². The van der Waals surface area contributed by atoms with Crippen molar-refractivity contribution in [2.75, 3.05) is 45.7 Å². The molecule has 1 aromatic heterocycles. The zero-order valence-electron chi connectivity index (χ0n) is 23.0. The Hall–Kier alpha value is -2.85. The van der Waals surface area contributed by atoms with Crippen LogP contribution in [0.15, 0.2) is 36.4 Å². The summed E-state index contributed by atoms with van der Waals surface area (Å²) in [6, 6.07) is 9.13. The number of likely N-dealkylation sites (N-methyl/N-ethyl adjacent to an activating group) is 1. The van der Waals surface area contributed by atoms with Crippen molar-refractivity contribution in [2.45, 2.75) is 56.2 Å². The minimum Gasteiger partial charge on any atom is -0.369 e. The maximum absolute atomic E-state index is 14.2. The minimum absolute atomic E-state index is 0.0848. The van der Waals surface area contributed by atoms with Gasteiger partial charge in [0.15, 0.2) is 0 Å². The molecule has 1 unspecified atom stereocenters. The molecule has 2 aliphatic rings. The van der Waals surface area contributed by atoms with Gasteiger partial charge in [-0.1, -0.05) is 35.9 Å². The summed E-state index contributed by atoms with van der Waals surface area (Å²) in [4.78, 5) is 34.3. The Kier molecular flexibility index (Phi) is 8.99. The molecule has 1 aliphatic carbocycles. The summed E-state index contributed by atoms with van der Waals surface area (Å²) in [5, 5.41) is 11.0. The number of nitrogens with zero attached hydrogens (tertiary/aromatic N) is 4. The zero-order chi connectivity index (χ0) is 29.2. The van der Waals surface area contributed by atoms with Gasteiger partial charge in [-0.2, -0.15) is 13.2 Å². The molecule has 1 aromatic carbocycles. The Bertz CT molecular complexity index is 1240. The maximum atomic E-state index is 14.2. The van der Waals surface area contributed by atoms with Crippen molar-refractivity contribution in [3.8, 4) is 0 Å². The lowest BCUT2D eigenvalue weighted by atomic mass is 9.89. The number of carbonyl (C=O) groups is 2. The highest BCUT2D eigenvalue weighted by atomic mass is 35.5. The lowest BCUT2D eigenvalue weighted by Crippen LogP contribution is -2.55. The highest BCUT2D eigenvalue weighted by Gasteiger charge is 2.61. The molecule has 2 fully saturated rings. The highest BCUT2D eigenvalue weighted by Crippen LogP contribution is 2.44. The molecule has 1 saturated carbocycles. The highest BCUT2D eigenvalue weighted by molar-refractivity contribution is 6.32. The first-order valence-electron chi connectivity index (χ1n) is 13.6. The maximum Gasteiger partial charge on any atom is 0.430 e. The van der Waals surface area contributed by atoms with Crippen LogP contribution in [0.2, 0.25) is 5.15 Å². The van der Waals surface area contributed by atoms with Crippen LogP contribution < -0.4 is 4.90 Å². The van der Waals surface area contributed by atoms with Gasteiger partial charge in [-0.3, -0.25) is 9.59 Å². The Morgan fingerprint density at radius 3 is 2.48 bits per heavy atom. The van der Waals surface area contributed by atoms with Crippen molar-refractivity contribution in [1.29, 1.82) is 0 Å². The molecule has 1 aliphatic heterocycles. The summed E-state index contributed by atoms with van der Waals surface area (Å²) in [7, 11) is 4.59. The van der Waals surface area contributed by atoms with E-state index in [2.05, 4.69) is 9.88 Å². The lowest BCUT2D eigenvalue weighted by molar-refractivity contribution is -0.261.